The fourth-order valence-corrected chi connectivity index (χ4v) is 3.52. The maximum atomic E-state index is 12.8. The van der Waals surface area contributed by atoms with Crippen LogP contribution in [0.2, 0.25) is 0 Å². The van der Waals surface area contributed by atoms with Crippen LogP contribution in [-0.2, 0) is 4.74 Å². The first-order chi connectivity index (χ1) is 13.6. The van der Waals surface area contributed by atoms with Crippen LogP contribution >= 0.6 is 0 Å². The van der Waals surface area contributed by atoms with Gasteiger partial charge in [0.15, 0.2) is 0 Å². The van der Waals surface area contributed by atoms with Crippen molar-refractivity contribution in [2.45, 2.75) is 45.6 Å². The van der Waals surface area contributed by atoms with Crippen LogP contribution in [0.15, 0.2) is 36.7 Å². The summed E-state index contributed by atoms with van der Waals surface area (Å²) in [5.41, 5.74) is 0.980. The molecular formula is C21H26N4O3. The largest absolute Gasteiger partial charge is 0.462 e. The second-order valence-corrected chi connectivity index (χ2v) is 6.73. The maximum absolute atomic E-state index is 12.8. The quantitative estimate of drug-likeness (QED) is 0.767. The Morgan fingerprint density at radius 1 is 1.21 bits per heavy atom. The first-order valence-electron chi connectivity index (χ1n) is 9.80. The molecule has 1 fully saturated rings. The van der Waals surface area contributed by atoms with Crippen molar-refractivity contribution in [2.75, 3.05) is 23.4 Å². The number of benzene rings is 1. The topological polar surface area (TPSA) is 84.4 Å². The van der Waals surface area contributed by atoms with Crippen LogP contribution in [-0.4, -0.2) is 41.0 Å². The number of nitrogens with zero attached hydrogens (tertiary/aromatic N) is 3. The van der Waals surface area contributed by atoms with E-state index in [2.05, 4.69) is 27.1 Å². The molecule has 0 aliphatic carbocycles. The van der Waals surface area contributed by atoms with E-state index in [1.54, 1.807) is 37.3 Å². The van der Waals surface area contributed by atoms with Gasteiger partial charge in [-0.3, -0.25) is 4.79 Å². The third-order valence-electron chi connectivity index (χ3n) is 4.95. The monoisotopic (exact) mass is 382 g/mol. The smallest absolute Gasteiger partial charge is 0.340 e. The summed E-state index contributed by atoms with van der Waals surface area (Å²) in [5.74, 6) is -0.0864. The van der Waals surface area contributed by atoms with E-state index in [1.165, 1.54) is 12.7 Å². The SMILES string of the molecule is CCOC(=O)c1ccccc1NC(=O)c1cc(N2CCCCC2CC)ncn1. The number of rotatable bonds is 6. The fraction of sp³-hybridized carbons (Fsp3) is 0.429. The lowest BCUT2D eigenvalue weighted by molar-refractivity contribution is 0.0527. The maximum Gasteiger partial charge on any atom is 0.340 e. The number of carbonyl (C=O) groups excluding carboxylic acids is 2. The summed E-state index contributed by atoms with van der Waals surface area (Å²) in [6.07, 6.45) is 5.93. The second kappa shape index (κ2) is 9.30. The standard InChI is InChI=1S/C21H26N4O3/c1-3-15-9-7-8-12-25(15)19-13-18(22-14-23-19)20(26)24-17-11-6-5-10-16(17)21(27)28-4-2/h5-6,10-11,13-15H,3-4,7-9,12H2,1-2H3,(H,24,26). The van der Waals surface area contributed by atoms with Gasteiger partial charge in [0.05, 0.1) is 17.9 Å². The lowest BCUT2D eigenvalue weighted by atomic mass is 10.00. The molecular weight excluding hydrogens is 356 g/mol. The van der Waals surface area contributed by atoms with Gasteiger partial charge in [0.1, 0.15) is 17.8 Å². The Morgan fingerprint density at radius 2 is 2.04 bits per heavy atom. The van der Waals surface area contributed by atoms with Crippen molar-refractivity contribution in [1.82, 2.24) is 9.97 Å². The Kier molecular flexibility index (Phi) is 6.57. The molecule has 1 aliphatic heterocycles. The molecule has 1 atom stereocenters. The number of nitrogens with one attached hydrogen (secondary N) is 1. The third-order valence-corrected chi connectivity index (χ3v) is 4.95. The van der Waals surface area contributed by atoms with Gasteiger partial charge in [-0.2, -0.15) is 0 Å². The number of anilines is 2. The highest BCUT2D eigenvalue weighted by Crippen LogP contribution is 2.25. The second-order valence-electron chi connectivity index (χ2n) is 6.73. The van der Waals surface area contributed by atoms with Crippen molar-refractivity contribution >= 4 is 23.4 Å². The van der Waals surface area contributed by atoms with Crippen LogP contribution in [0.3, 0.4) is 0 Å². The number of esters is 1. The van der Waals surface area contributed by atoms with E-state index >= 15 is 0 Å². The molecule has 1 amide bonds. The molecule has 1 aromatic carbocycles. The number of para-hydroxylation sites is 1. The molecule has 0 radical (unpaired) electrons. The summed E-state index contributed by atoms with van der Waals surface area (Å²) in [7, 11) is 0. The summed E-state index contributed by atoms with van der Waals surface area (Å²) < 4.78 is 5.06. The normalized spacial score (nSPS) is 16.5. The van der Waals surface area contributed by atoms with E-state index in [-0.39, 0.29) is 18.2 Å². The summed E-state index contributed by atoms with van der Waals surface area (Å²) in [6, 6.07) is 8.93. The first kappa shape index (κ1) is 19.8. The summed E-state index contributed by atoms with van der Waals surface area (Å²) in [5, 5.41) is 2.77. The highest BCUT2D eigenvalue weighted by atomic mass is 16.5. The van der Waals surface area contributed by atoms with Gasteiger partial charge in [-0.25, -0.2) is 14.8 Å². The van der Waals surface area contributed by atoms with Gasteiger partial charge in [-0.1, -0.05) is 19.1 Å². The zero-order chi connectivity index (χ0) is 19.9. The van der Waals surface area contributed by atoms with E-state index in [0.717, 1.165) is 31.6 Å². The molecule has 7 nitrogen and oxygen atoms in total. The Balaban J connectivity index is 1.80. The molecule has 0 bridgehead atoms. The number of aromatic nitrogens is 2. The Hall–Kier alpha value is -2.96. The van der Waals surface area contributed by atoms with Crippen LogP contribution in [0, 0.1) is 0 Å². The van der Waals surface area contributed by atoms with Gasteiger partial charge in [-0.15, -0.1) is 0 Å². The molecule has 28 heavy (non-hydrogen) atoms. The predicted molar refractivity (Wildman–Crippen MR) is 108 cm³/mol. The van der Waals surface area contributed by atoms with E-state index in [4.69, 9.17) is 4.74 Å². The molecule has 148 valence electrons. The lowest BCUT2D eigenvalue weighted by Crippen LogP contribution is -2.39. The van der Waals surface area contributed by atoms with Gasteiger partial charge in [0.25, 0.3) is 5.91 Å². The summed E-state index contributed by atoms with van der Waals surface area (Å²) in [6.45, 7) is 5.11. The van der Waals surface area contributed by atoms with Crippen molar-refractivity contribution in [1.29, 1.82) is 0 Å². The molecule has 3 rings (SSSR count). The number of hydrogen-bond acceptors (Lipinski definition) is 6. The Morgan fingerprint density at radius 3 is 2.82 bits per heavy atom. The van der Waals surface area contributed by atoms with Crippen molar-refractivity contribution in [3.05, 3.63) is 47.9 Å². The fourth-order valence-electron chi connectivity index (χ4n) is 3.52. The average Bonchev–Trinajstić information content (AvgIpc) is 2.74. The minimum Gasteiger partial charge on any atom is -0.462 e. The van der Waals surface area contributed by atoms with Crippen molar-refractivity contribution in [3.63, 3.8) is 0 Å². The molecule has 0 saturated carbocycles. The molecule has 1 aromatic heterocycles. The molecule has 1 N–H and O–H groups in total. The molecule has 1 unspecified atom stereocenters. The zero-order valence-electron chi connectivity index (χ0n) is 16.4. The molecule has 1 saturated heterocycles. The van der Waals surface area contributed by atoms with E-state index in [0.29, 0.717) is 17.3 Å². The van der Waals surface area contributed by atoms with E-state index < -0.39 is 5.97 Å². The molecule has 0 spiro atoms. The number of carbonyl (C=O) groups is 2. The number of ether oxygens (including phenoxy) is 1. The molecule has 7 heteroatoms. The molecule has 2 heterocycles. The third kappa shape index (κ3) is 4.47. The highest BCUT2D eigenvalue weighted by Gasteiger charge is 2.23. The van der Waals surface area contributed by atoms with Gasteiger partial charge in [0, 0.05) is 18.7 Å². The van der Waals surface area contributed by atoms with Crippen molar-refractivity contribution in [3.8, 4) is 0 Å². The Labute approximate surface area is 165 Å². The van der Waals surface area contributed by atoms with Gasteiger partial charge in [0.2, 0.25) is 0 Å². The van der Waals surface area contributed by atoms with Crippen LogP contribution in [0.5, 0.6) is 0 Å². The van der Waals surface area contributed by atoms with E-state index in [1.807, 2.05) is 0 Å². The average molecular weight is 382 g/mol. The molecule has 2 aromatic rings. The number of amides is 1. The number of piperidine rings is 1. The Bertz CT molecular complexity index is 840. The minimum absolute atomic E-state index is 0.268. The van der Waals surface area contributed by atoms with Crippen LogP contribution < -0.4 is 10.2 Å². The van der Waals surface area contributed by atoms with Gasteiger partial charge < -0.3 is 15.0 Å². The van der Waals surface area contributed by atoms with Crippen LogP contribution in [0.1, 0.15) is 60.4 Å². The minimum atomic E-state index is -0.471. The summed E-state index contributed by atoms with van der Waals surface area (Å²) >= 11 is 0. The van der Waals surface area contributed by atoms with E-state index in [9.17, 15) is 9.59 Å². The predicted octanol–water partition coefficient (Wildman–Crippen LogP) is 3.67. The van der Waals surface area contributed by atoms with Crippen molar-refractivity contribution in [2.24, 2.45) is 0 Å². The zero-order valence-corrected chi connectivity index (χ0v) is 16.4. The number of hydrogen-bond donors (Lipinski definition) is 1. The van der Waals surface area contributed by atoms with Crippen molar-refractivity contribution < 1.29 is 14.3 Å². The highest BCUT2D eigenvalue weighted by molar-refractivity contribution is 6.07. The van der Waals surface area contributed by atoms with Crippen LogP contribution in [0.4, 0.5) is 11.5 Å². The van der Waals surface area contributed by atoms with Gasteiger partial charge >= 0.3 is 5.97 Å². The lowest BCUT2D eigenvalue weighted by Gasteiger charge is -2.36. The molecule has 1 aliphatic rings. The van der Waals surface area contributed by atoms with Gasteiger partial charge in [-0.05, 0) is 44.7 Å². The van der Waals surface area contributed by atoms with Crippen LogP contribution in [0.25, 0.3) is 0 Å². The first-order valence-corrected chi connectivity index (χ1v) is 9.80. The summed E-state index contributed by atoms with van der Waals surface area (Å²) in [4.78, 5) is 35.6.